The molecule has 1 amide bonds. The highest BCUT2D eigenvalue weighted by Gasteiger charge is 2.33. The van der Waals surface area contributed by atoms with Gasteiger partial charge in [-0.2, -0.15) is 10.1 Å². The molecule has 0 spiro atoms. The molecule has 1 heterocycles. The maximum atomic E-state index is 13.0. The zero-order valence-electron chi connectivity index (χ0n) is 15.4. The number of hydrogen-bond acceptors (Lipinski definition) is 5. The Kier molecular flexibility index (Phi) is 4.56. The van der Waals surface area contributed by atoms with Crippen molar-refractivity contribution in [3.63, 3.8) is 0 Å². The molecule has 1 unspecified atom stereocenters. The van der Waals surface area contributed by atoms with Crippen molar-refractivity contribution in [3.05, 3.63) is 66.2 Å². The molecule has 1 N–H and O–H groups in total. The number of hydrogen-bond donors (Lipinski definition) is 1. The molecule has 1 aliphatic heterocycles. The fourth-order valence-corrected chi connectivity index (χ4v) is 3.25. The predicted octanol–water partition coefficient (Wildman–Crippen LogP) is 3.35. The Hall–Kier alpha value is -4.00. The van der Waals surface area contributed by atoms with Gasteiger partial charge >= 0.3 is 5.97 Å². The van der Waals surface area contributed by atoms with E-state index >= 15 is 0 Å². The summed E-state index contributed by atoms with van der Waals surface area (Å²) in [4.78, 5) is 28.1. The first-order valence-electron chi connectivity index (χ1n) is 8.91. The number of carbonyl (C=O) groups is 2. The Morgan fingerprint density at radius 3 is 2.69 bits per heavy atom. The molecule has 0 saturated heterocycles. The summed E-state index contributed by atoms with van der Waals surface area (Å²) in [6, 6.07) is 17.2. The van der Waals surface area contributed by atoms with Crippen LogP contribution in [-0.2, 0) is 4.79 Å². The van der Waals surface area contributed by atoms with E-state index in [2.05, 4.69) is 10.1 Å². The molecule has 0 bridgehead atoms. The van der Waals surface area contributed by atoms with Crippen molar-refractivity contribution in [3.8, 4) is 5.75 Å². The van der Waals surface area contributed by atoms with Crippen LogP contribution >= 0.6 is 0 Å². The highest BCUT2D eigenvalue weighted by molar-refractivity contribution is 6.25. The first-order valence-corrected chi connectivity index (χ1v) is 8.91. The Balaban J connectivity index is 1.62. The van der Waals surface area contributed by atoms with Crippen LogP contribution in [-0.4, -0.2) is 28.9 Å². The number of benzene rings is 3. The molecular formula is C22H16N3O4-. The van der Waals surface area contributed by atoms with Gasteiger partial charge in [-0.1, -0.05) is 42.1 Å². The fourth-order valence-electron chi connectivity index (χ4n) is 3.25. The smallest absolute Gasteiger partial charge is 0.335 e. The molecule has 1 aliphatic rings. The summed E-state index contributed by atoms with van der Waals surface area (Å²) in [5.41, 5.74) is 1.23. The molecule has 0 fully saturated rings. The first kappa shape index (κ1) is 18.4. The minimum Gasteiger partial charge on any atom is -0.872 e. The molecule has 0 radical (unpaired) electrons. The molecule has 3 aromatic carbocycles. The van der Waals surface area contributed by atoms with Crippen LogP contribution in [0.2, 0.25) is 0 Å². The van der Waals surface area contributed by atoms with Crippen LogP contribution in [0.3, 0.4) is 0 Å². The normalized spacial score (nSPS) is 16.6. The van der Waals surface area contributed by atoms with Crippen LogP contribution in [0.25, 0.3) is 10.8 Å². The highest BCUT2D eigenvalue weighted by atomic mass is 16.4. The second kappa shape index (κ2) is 7.20. The quantitative estimate of drug-likeness (QED) is 0.694. The van der Waals surface area contributed by atoms with E-state index in [1.165, 1.54) is 23.4 Å². The number of carboxylic acid groups (broad SMARTS) is 1. The molecule has 4 rings (SSSR count). The van der Waals surface area contributed by atoms with Crippen LogP contribution in [0.15, 0.2) is 70.8 Å². The van der Waals surface area contributed by atoms with Crippen molar-refractivity contribution in [2.75, 3.05) is 5.01 Å². The maximum absolute atomic E-state index is 13.0. The van der Waals surface area contributed by atoms with Crippen molar-refractivity contribution in [2.45, 2.75) is 6.92 Å². The van der Waals surface area contributed by atoms with Gasteiger partial charge in [0.1, 0.15) is 5.92 Å². The van der Waals surface area contributed by atoms with E-state index in [0.717, 1.165) is 16.8 Å². The van der Waals surface area contributed by atoms with Crippen molar-refractivity contribution < 1.29 is 19.8 Å². The number of carboxylic acids is 1. The minimum atomic E-state index is -1.29. The van der Waals surface area contributed by atoms with Gasteiger partial charge in [-0.05, 0) is 36.6 Å². The number of rotatable bonds is 4. The third kappa shape index (κ3) is 3.34. The number of anilines is 1. The van der Waals surface area contributed by atoms with Gasteiger partial charge in [0.05, 0.1) is 22.6 Å². The van der Waals surface area contributed by atoms with Gasteiger partial charge in [-0.15, -0.1) is 0 Å². The second-order valence-electron chi connectivity index (χ2n) is 6.63. The predicted molar refractivity (Wildman–Crippen MR) is 109 cm³/mol. The zero-order chi connectivity index (χ0) is 20.5. The maximum Gasteiger partial charge on any atom is 0.335 e. The lowest BCUT2D eigenvalue weighted by molar-refractivity contribution is -0.268. The summed E-state index contributed by atoms with van der Waals surface area (Å²) >= 11 is 0. The Bertz CT molecular complexity index is 1190. The number of aliphatic imine (C=N–C) groups is 1. The zero-order valence-corrected chi connectivity index (χ0v) is 15.4. The number of hydrazone groups is 1. The molecule has 144 valence electrons. The molecule has 7 heteroatoms. The summed E-state index contributed by atoms with van der Waals surface area (Å²) in [6.07, 6.45) is 1.43. The Morgan fingerprint density at radius 2 is 1.93 bits per heavy atom. The van der Waals surface area contributed by atoms with Crippen molar-refractivity contribution in [2.24, 2.45) is 16.0 Å². The van der Waals surface area contributed by atoms with E-state index in [0.29, 0.717) is 11.4 Å². The van der Waals surface area contributed by atoms with Gasteiger partial charge in [-0.3, -0.25) is 9.79 Å². The largest absolute Gasteiger partial charge is 0.872 e. The number of carbonyl (C=O) groups excluding carboxylic acids is 1. The minimum absolute atomic E-state index is 0.243. The number of aromatic carboxylic acids is 1. The third-order valence-corrected chi connectivity index (χ3v) is 4.75. The lowest BCUT2D eigenvalue weighted by Gasteiger charge is -2.15. The average Bonchev–Trinajstić information content (AvgIpc) is 2.99. The van der Waals surface area contributed by atoms with Crippen LogP contribution in [0.5, 0.6) is 5.75 Å². The lowest BCUT2D eigenvalue weighted by atomic mass is 10.1. The number of nitrogens with zero attached hydrogens (tertiary/aromatic N) is 3. The number of fused-ring (bicyclic) bond motifs is 1. The van der Waals surface area contributed by atoms with Gasteiger partial charge in [0.2, 0.25) is 0 Å². The SMILES string of the molecule is CC1=NN(c2cccc3ccccc23)C(=O)C1C=Nc1ccc(C(=O)O)c([O-])c1. The van der Waals surface area contributed by atoms with Crippen LogP contribution < -0.4 is 10.1 Å². The summed E-state index contributed by atoms with van der Waals surface area (Å²) in [5, 5.41) is 28.5. The van der Waals surface area contributed by atoms with Gasteiger partial charge in [0, 0.05) is 11.6 Å². The van der Waals surface area contributed by atoms with E-state index < -0.39 is 17.6 Å². The molecule has 0 saturated carbocycles. The molecular weight excluding hydrogens is 370 g/mol. The lowest BCUT2D eigenvalue weighted by Crippen LogP contribution is -2.28. The van der Waals surface area contributed by atoms with Crippen LogP contribution in [0.1, 0.15) is 17.3 Å². The molecule has 7 nitrogen and oxygen atoms in total. The van der Waals surface area contributed by atoms with E-state index in [4.69, 9.17) is 5.11 Å². The highest BCUT2D eigenvalue weighted by Crippen LogP contribution is 2.31. The van der Waals surface area contributed by atoms with Crippen molar-refractivity contribution in [1.29, 1.82) is 0 Å². The van der Waals surface area contributed by atoms with E-state index in [-0.39, 0.29) is 17.2 Å². The number of amides is 1. The average molecular weight is 386 g/mol. The van der Waals surface area contributed by atoms with Crippen molar-refractivity contribution >= 4 is 45.9 Å². The van der Waals surface area contributed by atoms with Crippen LogP contribution in [0, 0.1) is 5.92 Å². The third-order valence-electron chi connectivity index (χ3n) is 4.75. The van der Waals surface area contributed by atoms with Crippen LogP contribution in [0.4, 0.5) is 11.4 Å². The monoisotopic (exact) mass is 386 g/mol. The second-order valence-corrected chi connectivity index (χ2v) is 6.63. The van der Waals surface area contributed by atoms with Gasteiger partial charge < -0.3 is 10.2 Å². The van der Waals surface area contributed by atoms with Gasteiger partial charge in [0.15, 0.2) is 0 Å². The molecule has 0 aromatic heterocycles. The van der Waals surface area contributed by atoms with E-state index in [1.807, 2.05) is 42.5 Å². The summed E-state index contributed by atoms with van der Waals surface area (Å²) < 4.78 is 0. The van der Waals surface area contributed by atoms with Gasteiger partial charge in [0.25, 0.3) is 5.91 Å². The molecule has 29 heavy (non-hydrogen) atoms. The molecule has 3 aromatic rings. The summed E-state index contributed by atoms with van der Waals surface area (Å²) in [7, 11) is 0. The summed E-state index contributed by atoms with van der Waals surface area (Å²) in [5.74, 6) is -2.83. The molecule has 1 atom stereocenters. The van der Waals surface area contributed by atoms with Crippen molar-refractivity contribution in [1.82, 2.24) is 0 Å². The first-order chi connectivity index (χ1) is 14.0. The fraction of sp³-hybridized carbons (Fsp3) is 0.0909. The summed E-state index contributed by atoms with van der Waals surface area (Å²) in [6.45, 7) is 1.74. The topological polar surface area (TPSA) is 105 Å². The Labute approximate surface area is 166 Å². The standard InChI is InChI=1S/C22H17N3O4/c1-13-18(12-23-15-9-10-17(22(28)29)20(26)11-15)21(27)25(24-13)19-8-4-6-14-5-2-3-7-16(14)19/h2-12,18,26H,1H3,(H,28,29)/p-1. The van der Waals surface area contributed by atoms with E-state index in [1.54, 1.807) is 6.92 Å². The van der Waals surface area contributed by atoms with E-state index in [9.17, 15) is 14.7 Å². The molecule has 0 aliphatic carbocycles. The Morgan fingerprint density at radius 1 is 1.17 bits per heavy atom. The van der Waals surface area contributed by atoms with Gasteiger partial charge in [-0.25, -0.2) is 4.79 Å².